The molecule has 0 aliphatic heterocycles. The zero-order valence-corrected chi connectivity index (χ0v) is 24.4. The zero-order valence-electron chi connectivity index (χ0n) is 17.0. The molecule has 1 atom stereocenters. The number of amides is 1. The fourth-order valence-corrected chi connectivity index (χ4v) is 4.96. The summed E-state index contributed by atoms with van der Waals surface area (Å²) in [4.78, 5) is 12.7. The Balaban J connectivity index is 0. The molecular formula is C17H27N3O4S2WY-2. The summed E-state index contributed by atoms with van der Waals surface area (Å²) in [6.07, 6.45) is 0. The van der Waals surface area contributed by atoms with Crippen LogP contribution in [0.15, 0.2) is 11.0 Å². The fraction of sp³-hybridized carbons (Fsp3) is 0.529. The number of benzene rings is 1. The second-order valence-electron chi connectivity index (χ2n) is 5.74. The first-order valence-corrected chi connectivity index (χ1v) is 10.7. The molecule has 1 radical (unpaired) electrons. The Bertz CT molecular complexity index is 748. The van der Waals surface area contributed by atoms with Gasteiger partial charge in [-0.25, -0.2) is 13.8 Å². The Morgan fingerprint density at radius 3 is 2.43 bits per heavy atom. The quantitative estimate of drug-likeness (QED) is 0.237. The number of hydrazine groups is 1. The molecule has 0 aliphatic carbocycles. The smallest absolute Gasteiger partial charge is 0.226 e. The number of ether oxygens (including phenoxy) is 1. The molecular weight excluding hydrogens is 647 g/mol. The van der Waals surface area contributed by atoms with Crippen LogP contribution in [0, 0.1) is 19.9 Å². The summed E-state index contributed by atoms with van der Waals surface area (Å²) in [6.45, 7) is 10.9. The minimum absolute atomic E-state index is 0. The van der Waals surface area contributed by atoms with Gasteiger partial charge in [0.15, 0.2) is 0 Å². The Kier molecular flexibility index (Phi) is 15.1. The molecule has 1 aromatic carbocycles. The zero-order chi connectivity index (χ0) is 20.1. The Hall–Kier alpha value is 0.502. The number of carbonyl (C=O) groups is 1. The van der Waals surface area contributed by atoms with Gasteiger partial charge >= 0.3 is 0 Å². The Labute approximate surface area is 212 Å². The number of nitrogens with one attached hydrogen (secondary N) is 2. The van der Waals surface area contributed by atoms with E-state index in [4.69, 9.17) is 4.74 Å². The maximum absolute atomic E-state index is 13.2. The van der Waals surface area contributed by atoms with Crippen LogP contribution in [0.5, 0.6) is 5.75 Å². The molecule has 0 saturated heterocycles. The summed E-state index contributed by atoms with van der Waals surface area (Å²) in [6, 6.07) is 3.90. The van der Waals surface area contributed by atoms with E-state index in [0.717, 1.165) is 10.2 Å². The fourth-order valence-electron chi connectivity index (χ4n) is 2.51. The number of aryl methyl sites for hydroxylation is 1. The van der Waals surface area contributed by atoms with Crippen LogP contribution in [0.3, 0.4) is 0 Å². The maximum atomic E-state index is 13.2. The van der Waals surface area contributed by atoms with Crippen LogP contribution in [-0.2, 0) is 63.8 Å². The van der Waals surface area contributed by atoms with Crippen LogP contribution in [0.25, 0.3) is 0 Å². The van der Waals surface area contributed by atoms with Gasteiger partial charge in [-0.15, -0.1) is 22.1 Å². The number of nitrogens with zero attached hydrogens (tertiary/aromatic N) is 1. The van der Waals surface area contributed by atoms with E-state index in [9.17, 15) is 13.2 Å². The van der Waals surface area contributed by atoms with Gasteiger partial charge in [-0.3, -0.25) is 4.79 Å². The molecule has 1 aromatic rings. The van der Waals surface area contributed by atoms with Gasteiger partial charge in [-0.1, -0.05) is 13.8 Å². The normalized spacial score (nSPS) is 12.2. The molecule has 7 nitrogen and oxygen atoms in total. The van der Waals surface area contributed by atoms with E-state index in [1.165, 1.54) is 32.0 Å². The average Bonchev–Trinajstić information content (AvgIpc) is 2.53. The first-order valence-electron chi connectivity index (χ1n) is 8.18. The van der Waals surface area contributed by atoms with Gasteiger partial charge in [0.2, 0.25) is 15.9 Å². The number of methoxy groups -OCH3 is 1. The van der Waals surface area contributed by atoms with Crippen LogP contribution in [0.4, 0.5) is 0 Å². The Morgan fingerprint density at radius 1 is 1.43 bits per heavy atom. The molecule has 1 amide bonds. The molecule has 157 valence electrons. The third-order valence-electron chi connectivity index (χ3n) is 3.50. The van der Waals surface area contributed by atoms with Gasteiger partial charge < -0.3 is 17.0 Å². The van der Waals surface area contributed by atoms with Crippen LogP contribution >= 0.6 is 11.8 Å². The van der Waals surface area contributed by atoms with Crippen molar-refractivity contribution in [3.8, 4) is 5.75 Å². The molecule has 0 spiro atoms. The topological polar surface area (TPSA) is 87.7 Å². The monoisotopic (exact) mass is 674 g/mol. The molecule has 0 aliphatic rings. The second kappa shape index (κ2) is 13.7. The minimum Gasteiger partial charge on any atom is -0.523 e. The predicted molar refractivity (Wildman–Crippen MR) is 105 cm³/mol. The van der Waals surface area contributed by atoms with Crippen molar-refractivity contribution in [2.24, 2.45) is 0 Å². The summed E-state index contributed by atoms with van der Waals surface area (Å²) in [7, 11) is -1.03. The summed E-state index contributed by atoms with van der Waals surface area (Å²) < 4.78 is 32.6. The second-order valence-corrected chi connectivity index (χ2v) is 8.97. The van der Waals surface area contributed by atoms with Crippen molar-refractivity contribution in [2.45, 2.75) is 44.0 Å². The number of hydrogen-bond donors (Lipinski definition) is 2. The van der Waals surface area contributed by atoms with Crippen molar-refractivity contribution in [3.63, 3.8) is 0 Å². The number of rotatable bonds is 9. The van der Waals surface area contributed by atoms with Crippen molar-refractivity contribution in [2.75, 3.05) is 19.9 Å². The van der Waals surface area contributed by atoms with E-state index in [1.54, 1.807) is 20.8 Å². The molecule has 1 rings (SSSR count). The molecule has 0 heterocycles. The SMILES string of the molecule is [CH2-][C@H](NC(=O)c1cc(OC)[c-]c(C)c1S(=O)(=O)N(NC)C(C)C)SCC.[W].[Y]. The van der Waals surface area contributed by atoms with Gasteiger partial charge in [-0.05, 0) is 42.5 Å². The molecule has 2 N–H and O–H groups in total. The molecule has 0 aromatic heterocycles. The standard InChI is InChI=1S/C17H27N3O4S2.W.Y/c1-8-25-13(5)19-17(21)15-10-14(24-7)9-12(4)16(15)26(22,23)20(18-6)11(2)3;;/h10-11,13,18H,5,8H2,1-4,6-7H3,(H,19,21);;/q-2;;/t13-;;/m1../s1. The van der Waals surface area contributed by atoms with Crippen molar-refractivity contribution in [1.29, 1.82) is 0 Å². The number of thioether (sulfide) groups is 1. The predicted octanol–water partition coefficient (Wildman–Crippen LogP) is 1.98. The Morgan fingerprint density at radius 2 is 2.00 bits per heavy atom. The summed E-state index contributed by atoms with van der Waals surface area (Å²) in [5.74, 6) is 0.529. The van der Waals surface area contributed by atoms with Crippen LogP contribution in [-0.4, -0.2) is 50.1 Å². The van der Waals surface area contributed by atoms with Gasteiger partial charge in [-0.2, -0.15) is 11.8 Å². The van der Waals surface area contributed by atoms with Crippen LogP contribution in [0.1, 0.15) is 36.7 Å². The van der Waals surface area contributed by atoms with Gasteiger partial charge in [0, 0.05) is 65.6 Å². The van der Waals surface area contributed by atoms with E-state index in [2.05, 4.69) is 23.7 Å². The first-order chi connectivity index (χ1) is 12.1. The number of hydrogen-bond acceptors (Lipinski definition) is 6. The maximum Gasteiger partial charge on any atom is 0.226 e. The van der Waals surface area contributed by atoms with Gasteiger partial charge in [0.25, 0.3) is 0 Å². The van der Waals surface area contributed by atoms with Crippen molar-refractivity contribution < 1.29 is 71.7 Å². The van der Waals surface area contributed by atoms with Gasteiger partial charge in [0.1, 0.15) is 0 Å². The molecule has 0 unspecified atom stereocenters. The van der Waals surface area contributed by atoms with Crippen molar-refractivity contribution in [1.82, 2.24) is 15.2 Å². The first kappa shape index (κ1) is 30.7. The van der Waals surface area contributed by atoms with Gasteiger partial charge in [0.05, 0.1) is 7.11 Å². The van der Waals surface area contributed by atoms with E-state index in [1.807, 2.05) is 6.92 Å². The van der Waals surface area contributed by atoms with E-state index < -0.39 is 21.3 Å². The third-order valence-corrected chi connectivity index (χ3v) is 6.52. The number of sulfonamides is 1. The van der Waals surface area contributed by atoms with Crippen LogP contribution < -0.4 is 15.5 Å². The van der Waals surface area contributed by atoms with E-state index >= 15 is 0 Å². The average molecular weight is 674 g/mol. The molecule has 0 bridgehead atoms. The van der Waals surface area contributed by atoms with Crippen molar-refractivity contribution in [3.05, 3.63) is 30.2 Å². The van der Waals surface area contributed by atoms with Crippen molar-refractivity contribution >= 4 is 27.7 Å². The van der Waals surface area contributed by atoms with E-state index in [0.29, 0.717) is 5.56 Å². The summed E-state index contributed by atoms with van der Waals surface area (Å²) >= 11 is 1.44. The molecule has 0 fully saturated rings. The third kappa shape index (κ3) is 7.64. The van der Waals surface area contributed by atoms with Crippen LogP contribution in [0.2, 0.25) is 0 Å². The molecule has 28 heavy (non-hydrogen) atoms. The number of carbonyl (C=O) groups excluding carboxylic acids is 1. The minimum atomic E-state index is -3.98. The summed E-state index contributed by atoms with van der Waals surface area (Å²) in [5, 5.41) is 2.32. The summed E-state index contributed by atoms with van der Waals surface area (Å²) in [5.41, 5.74) is 2.98. The largest absolute Gasteiger partial charge is 0.523 e. The molecule has 11 heteroatoms. The molecule has 0 saturated carbocycles. The van der Waals surface area contributed by atoms with E-state index in [-0.39, 0.29) is 76.0 Å².